The quantitative estimate of drug-likeness (QED) is 0.0374. The number of hydrogen-bond acceptors (Lipinski definition) is 3. The molecule has 0 spiro atoms. The van der Waals surface area contributed by atoms with Crippen LogP contribution in [-0.4, -0.2) is 55.9 Å². The Morgan fingerprint density at radius 1 is 0.478 bits per heavy atom. The Bertz CT molecular complexity index is 590. The van der Waals surface area contributed by atoms with Crippen LogP contribution in [0.3, 0.4) is 0 Å². The Hall–Kier alpha value is -0.320. The molecule has 0 saturated heterocycles. The summed E-state index contributed by atoms with van der Waals surface area (Å²) in [5.41, 5.74) is 0. The van der Waals surface area contributed by atoms with E-state index in [9.17, 15) is 4.79 Å². The van der Waals surface area contributed by atoms with Gasteiger partial charge in [-0.15, -0.1) is 0 Å². The summed E-state index contributed by atoms with van der Waals surface area (Å²) in [7, 11) is 0. The highest BCUT2D eigenvalue weighted by Gasteiger charge is 2.28. The highest BCUT2D eigenvalue weighted by Crippen LogP contribution is 2.16. The van der Waals surface area contributed by atoms with Gasteiger partial charge in [0.15, 0.2) is 6.10 Å². The second kappa shape index (κ2) is 37.5. The van der Waals surface area contributed by atoms with E-state index < -0.39 is 0 Å². The molecule has 0 aromatic heterocycles. The number of carbonyl (C=O) groups is 1. The lowest BCUT2D eigenvalue weighted by Crippen LogP contribution is -3.00. The van der Waals surface area contributed by atoms with Gasteiger partial charge in [0.2, 0.25) is 0 Å². The Labute approximate surface area is 296 Å². The van der Waals surface area contributed by atoms with Crippen molar-refractivity contribution in [2.45, 2.75) is 221 Å². The number of halogens is 1. The van der Waals surface area contributed by atoms with E-state index in [1.54, 1.807) is 0 Å². The van der Waals surface area contributed by atoms with E-state index in [1.807, 2.05) is 0 Å². The molecule has 0 saturated carbocycles. The van der Waals surface area contributed by atoms with Crippen molar-refractivity contribution in [3.63, 3.8) is 0 Å². The van der Waals surface area contributed by atoms with Gasteiger partial charge in [-0.2, -0.15) is 0 Å². The maximum absolute atomic E-state index is 12.8. The van der Waals surface area contributed by atoms with Crippen LogP contribution in [0.5, 0.6) is 0 Å². The van der Waals surface area contributed by atoms with Crippen LogP contribution in [0.1, 0.15) is 214 Å². The third-order valence-electron chi connectivity index (χ3n) is 10.3. The molecule has 0 aliphatic carbocycles. The van der Waals surface area contributed by atoms with Gasteiger partial charge < -0.3 is 26.4 Å². The summed E-state index contributed by atoms with van der Waals surface area (Å²) in [6.45, 7) is 16.8. The molecule has 0 bridgehead atoms. The number of nitrogens with zero attached hydrogens (tertiary/aromatic N) is 1. The zero-order chi connectivity index (χ0) is 33.1. The molecule has 1 atom stereocenters. The average Bonchev–Trinajstić information content (AvgIpc) is 3.05. The van der Waals surface area contributed by atoms with Crippen LogP contribution in [0.2, 0.25) is 0 Å². The van der Waals surface area contributed by atoms with Crippen molar-refractivity contribution >= 4 is 5.97 Å². The number of hydrogen-bond donors (Lipinski definition) is 0. The molecule has 1 unspecified atom stereocenters. The SMILES string of the molecule is CCCCCCCCCCCCCCCCCC(=O)OC(COCCCCCCCCCCCCCC)C[N+](CC)(CC)CC.[Cl-]. The third kappa shape index (κ3) is 31.0. The summed E-state index contributed by atoms with van der Waals surface area (Å²) in [4.78, 5) is 12.8. The zero-order valence-electron chi connectivity index (χ0n) is 32.2. The first-order valence-corrected chi connectivity index (χ1v) is 20.7. The first-order chi connectivity index (χ1) is 22.1. The molecule has 278 valence electrons. The number of likely N-dealkylation sites (N-methyl/N-ethyl adjacent to an activating group) is 1. The van der Waals surface area contributed by atoms with Crippen molar-refractivity contribution < 1.29 is 31.2 Å². The fourth-order valence-electron chi connectivity index (χ4n) is 6.76. The standard InChI is InChI=1S/C41H84NO3.ClH/c1-6-11-13-15-17-19-21-23-24-25-26-28-30-32-34-36-41(43)45-40(38-42(8-3,9-4)10-5)39-44-37-35-33-31-29-27-22-20-18-16-14-12-7-2;/h40H,6-39H2,1-5H3;1H/q+1;/p-1. The molecule has 0 amide bonds. The molecule has 46 heavy (non-hydrogen) atoms. The van der Waals surface area contributed by atoms with Crippen molar-refractivity contribution in [3.05, 3.63) is 0 Å². The normalized spacial score (nSPS) is 12.3. The van der Waals surface area contributed by atoms with Crippen LogP contribution < -0.4 is 12.4 Å². The van der Waals surface area contributed by atoms with Gasteiger partial charge in [0.1, 0.15) is 6.54 Å². The van der Waals surface area contributed by atoms with E-state index in [4.69, 9.17) is 9.47 Å². The lowest BCUT2D eigenvalue weighted by molar-refractivity contribution is -0.925. The van der Waals surface area contributed by atoms with E-state index in [2.05, 4.69) is 34.6 Å². The van der Waals surface area contributed by atoms with Crippen LogP contribution >= 0.6 is 0 Å². The number of unbranched alkanes of at least 4 members (excludes halogenated alkanes) is 25. The molecular formula is C41H84ClNO3. The molecule has 0 N–H and O–H groups in total. The van der Waals surface area contributed by atoms with Gasteiger partial charge in [-0.1, -0.05) is 174 Å². The van der Waals surface area contributed by atoms with Crippen molar-refractivity contribution in [2.24, 2.45) is 0 Å². The van der Waals surface area contributed by atoms with Crippen LogP contribution in [-0.2, 0) is 14.3 Å². The number of esters is 1. The Balaban J connectivity index is 0. The Morgan fingerprint density at radius 3 is 1.15 bits per heavy atom. The van der Waals surface area contributed by atoms with Gasteiger partial charge in [-0.25, -0.2) is 0 Å². The summed E-state index contributed by atoms with van der Waals surface area (Å²) in [6.07, 6.45) is 36.8. The summed E-state index contributed by atoms with van der Waals surface area (Å²) in [5.74, 6) is -0.0231. The van der Waals surface area contributed by atoms with Crippen molar-refractivity contribution in [3.8, 4) is 0 Å². The molecule has 0 rings (SSSR count). The molecule has 0 aromatic rings. The minimum absolute atomic E-state index is 0. The number of carbonyl (C=O) groups excluding carboxylic acids is 1. The minimum Gasteiger partial charge on any atom is -1.00 e. The topological polar surface area (TPSA) is 35.5 Å². The van der Waals surface area contributed by atoms with Crippen molar-refractivity contribution in [1.29, 1.82) is 0 Å². The molecule has 4 nitrogen and oxygen atoms in total. The van der Waals surface area contributed by atoms with E-state index in [-0.39, 0.29) is 24.5 Å². The maximum Gasteiger partial charge on any atom is 0.306 e. The molecular weight excluding hydrogens is 590 g/mol. The van der Waals surface area contributed by atoms with E-state index in [0.29, 0.717) is 13.0 Å². The van der Waals surface area contributed by atoms with Crippen molar-refractivity contribution in [1.82, 2.24) is 0 Å². The van der Waals surface area contributed by atoms with E-state index in [1.165, 1.54) is 154 Å². The van der Waals surface area contributed by atoms with Gasteiger partial charge in [0.05, 0.1) is 26.2 Å². The van der Waals surface area contributed by atoms with Gasteiger partial charge in [0.25, 0.3) is 0 Å². The van der Waals surface area contributed by atoms with E-state index >= 15 is 0 Å². The predicted molar refractivity (Wildman–Crippen MR) is 198 cm³/mol. The molecule has 0 aromatic carbocycles. The molecule has 5 heteroatoms. The van der Waals surface area contributed by atoms with Gasteiger partial charge >= 0.3 is 5.97 Å². The van der Waals surface area contributed by atoms with Gasteiger partial charge in [0, 0.05) is 13.0 Å². The monoisotopic (exact) mass is 674 g/mol. The second-order valence-electron chi connectivity index (χ2n) is 14.2. The zero-order valence-corrected chi connectivity index (χ0v) is 32.9. The minimum atomic E-state index is -0.133. The van der Waals surface area contributed by atoms with Gasteiger partial charge in [-0.05, 0) is 33.6 Å². The van der Waals surface area contributed by atoms with Crippen LogP contribution in [0.4, 0.5) is 0 Å². The average molecular weight is 675 g/mol. The summed E-state index contributed by atoms with van der Waals surface area (Å²) in [5, 5.41) is 0. The molecule has 0 fully saturated rings. The highest BCUT2D eigenvalue weighted by atomic mass is 35.5. The lowest BCUT2D eigenvalue weighted by Gasteiger charge is -2.38. The molecule has 0 heterocycles. The molecule has 0 aliphatic rings. The van der Waals surface area contributed by atoms with Crippen molar-refractivity contribution in [2.75, 3.05) is 39.4 Å². The first-order valence-electron chi connectivity index (χ1n) is 20.7. The second-order valence-corrected chi connectivity index (χ2v) is 14.2. The number of rotatable bonds is 37. The van der Waals surface area contributed by atoms with Crippen LogP contribution in [0, 0.1) is 0 Å². The predicted octanol–water partition coefficient (Wildman–Crippen LogP) is 9.76. The third-order valence-corrected chi connectivity index (χ3v) is 10.3. The Morgan fingerprint density at radius 2 is 0.804 bits per heavy atom. The fraction of sp³-hybridized carbons (Fsp3) is 0.976. The number of quaternary nitrogens is 1. The van der Waals surface area contributed by atoms with E-state index in [0.717, 1.165) is 56.5 Å². The van der Waals surface area contributed by atoms with Crippen LogP contribution in [0.15, 0.2) is 0 Å². The fourth-order valence-corrected chi connectivity index (χ4v) is 6.76. The van der Waals surface area contributed by atoms with Gasteiger partial charge in [-0.3, -0.25) is 4.79 Å². The maximum atomic E-state index is 12.8. The Kier molecular flexibility index (Phi) is 39.0. The summed E-state index contributed by atoms with van der Waals surface area (Å²) < 4.78 is 13.2. The lowest BCUT2D eigenvalue weighted by atomic mass is 10.0. The van der Waals surface area contributed by atoms with Crippen LogP contribution in [0.25, 0.3) is 0 Å². The smallest absolute Gasteiger partial charge is 0.306 e. The molecule has 0 radical (unpaired) electrons. The highest BCUT2D eigenvalue weighted by molar-refractivity contribution is 5.69. The largest absolute Gasteiger partial charge is 1.00 e. The summed E-state index contributed by atoms with van der Waals surface area (Å²) in [6, 6.07) is 0. The number of ether oxygens (including phenoxy) is 2. The summed E-state index contributed by atoms with van der Waals surface area (Å²) >= 11 is 0. The molecule has 0 aliphatic heterocycles. The first kappa shape index (κ1) is 47.8.